The van der Waals surface area contributed by atoms with Gasteiger partial charge in [0.15, 0.2) is 5.78 Å². The Labute approximate surface area is 225 Å². The predicted molar refractivity (Wildman–Crippen MR) is 147 cm³/mol. The van der Waals surface area contributed by atoms with E-state index in [0.717, 1.165) is 28.6 Å². The van der Waals surface area contributed by atoms with Crippen molar-refractivity contribution in [3.8, 4) is 23.0 Å². The van der Waals surface area contributed by atoms with Crippen LogP contribution >= 0.6 is 11.6 Å². The Balaban J connectivity index is 1.64. The monoisotopic (exact) mass is 536 g/mol. The van der Waals surface area contributed by atoms with E-state index in [1.165, 1.54) is 0 Å². The number of nitrogens with one attached hydrogen (secondary N) is 1. The summed E-state index contributed by atoms with van der Waals surface area (Å²) in [5, 5.41) is 10.6. The van der Waals surface area contributed by atoms with Crippen LogP contribution in [0.3, 0.4) is 0 Å². The van der Waals surface area contributed by atoms with Gasteiger partial charge in [-0.2, -0.15) is 0 Å². The summed E-state index contributed by atoms with van der Waals surface area (Å²) in [6, 6.07) is 13.7. The van der Waals surface area contributed by atoms with Crippen molar-refractivity contribution in [3.63, 3.8) is 0 Å². The summed E-state index contributed by atoms with van der Waals surface area (Å²) in [5.41, 5.74) is 3.89. The van der Waals surface area contributed by atoms with Crippen molar-refractivity contribution in [3.05, 3.63) is 76.4 Å². The lowest BCUT2D eigenvalue weighted by molar-refractivity contribution is 0.0959. The highest BCUT2D eigenvalue weighted by Crippen LogP contribution is 2.40. The number of aliphatic hydroxyl groups is 1. The normalized spacial score (nSPS) is 13.1. The number of rotatable bonds is 10. The summed E-state index contributed by atoms with van der Waals surface area (Å²) in [6.45, 7) is 0.633. The first-order chi connectivity index (χ1) is 18.4. The van der Waals surface area contributed by atoms with Gasteiger partial charge >= 0.3 is 0 Å². The molecule has 9 heteroatoms. The van der Waals surface area contributed by atoms with E-state index in [0.29, 0.717) is 45.7 Å². The predicted octanol–water partition coefficient (Wildman–Crippen LogP) is 5.20. The Bertz CT molecular complexity index is 1480. The molecule has 8 nitrogen and oxygen atoms in total. The lowest BCUT2D eigenvalue weighted by Crippen LogP contribution is -2.31. The molecule has 0 aliphatic carbocycles. The van der Waals surface area contributed by atoms with E-state index in [1.807, 2.05) is 36.2 Å². The fraction of sp³-hybridized carbons (Fsp3) is 0.276. The Morgan fingerprint density at radius 1 is 1.13 bits per heavy atom. The number of carbonyl (C=O) groups excluding carboxylic acids is 1. The van der Waals surface area contributed by atoms with Gasteiger partial charge in [0.25, 0.3) is 0 Å². The first-order valence-corrected chi connectivity index (χ1v) is 12.6. The molecule has 0 spiro atoms. The molecular formula is C29H29ClN2O6. The maximum Gasteiger partial charge on any atom is 0.192 e. The average Bonchev–Trinajstić information content (AvgIpc) is 3.59. The van der Waals surface area contributed by atoms with Gasteiger partial charge in [-0.3, -0.25) is 4.79 Å². The number of carbonyl (C=O) groups is 1. The summed E-state index contributed by atoms with van der Waals surface area (Å²) in [6.07, 6.45) is 2.55. The lowest BCUT2D eigenvalue weighted by atomic mass is 9.94. The van der Waals surface area contributed by atoms with E-state index in [-0.39, 0.29) is 19.0 Å². The molecule has 198 valence electrons. The highest BCUT2D eigenvalue weighted by molar-refractivity contribution is 6.30. The van der Waals surface area contributed by atoms with Crippen LogP contribution in [0.1, 0.15) is 27.5 Å². The van der Waals surface area contributed by atoms with Gasteiger partial charge < -0.3 is 33.9 Å². The average molecular weight is 537 g/mol. The van der Waals surface area contributed by atoms with E-state index in [2.05, 4.69) is 4.98 Å². The van der Waals surface area contributed by atoms with Gasteiger partial charge in [0.1, 0.15) is 35.6 Å². The highest BCUT2D eigenvalue weighted by Gasteiger charge is 2.32. The fourth-order valence-corrected chi connectivity index (χ4v) is 5.11. The molecule has 1 aliphatic heterocycles. The molecule has 5 rings (SSSR count). The van der Waals surface area contributed by atoms with Crippen LogP contribution in [0.25, 0.3) is 10.9 Å². The van der Waals surface area contributed by atoms with Crippen molar-refractivity contribution in [2.75, 3.05) is 46.0 Å². The SMILES string of the molecule is COc1cc(OCCO)cc(N(C)C(C(=O)c2c[nH]c3c4c(ccc23)OCC4)c2ccc(Cl)cc2OC)c1. The first-order valence-electron chi connectivity index (χ1n) is 12.2. The topological polar surface area (TPSA) is 93.2 Å². The number of benzene rings is 3. The van der Waals surface area contributed by atoms with Crippen molar-refractivity contribution in [2.24, 2.45) is 0 Å². The number of halogens is 1. The quantitative estimate of drug-likeness (QED) is 0.269. The summed E-state index contributed by atoms with van der Waals surface area (Å²) in [4.78, 5) is 19.6. The van der Waals surface area contributed by atoms with Crippen molar-refractivity contribution >= 4 is 34.0 Å². The molecular weight excluding hydrogens is 508 g/mol. The number of likely N-dealkylation sites (N-methyl/N-ethyl adjacent to an activating group) is 1. The fourth-order valence-electron chi connectivity index (χ4n) is 4.95. The smallest absolute Gasteiger partial charge is 0.192 e. The highest BCUT2D eigenvalue weighted by atomic mass is 35.5. The number of methoxy groups -OCH3 is 2. The Morgan fingerprint density at radius 2 is 1.95 bits per heavy atom. The summed E-state index contributed by atoms with van der Waals surface area (Å²) in [7, 11) is 4.95. The van der Waals surface area contributed by atoms with Crippen molar-refractivity contribution < 1.29 is 28.8 Å². The molecule has 38 heavy (non-hydrogen) atoms. The van der Waals surface area contributed by atoms with Crippen LogP contribution in [0.5, 0.6) is 23.0 Å². The molecule has 2 heterocycles. The van der Waals surface area contributed by atoms with E-state index < -0.39 is 6.04 Å². The molecule has 1 aliphatic rings. The summed E-state index contributed by atoms with van der Waals surface area (Å²) in [5.74, 6) is 2.28. The minimum Gasteiger partial charge on any atom is -0.497 e. The number of aliphatic hydroxyl groups excluding tert-OH is 1. The molecule has 0 bridgehead atoms. The number of ether oxygens (including phenoxy) is 4. The molecule has 0 amide bonds. The molecule has 1 unspecified atom stereocenters. The zero-order chi connectivity index (χ0) is 26.8. The summed E-state index contributed by atoms with van der Waals surface area (Å²) >= 11 is 6.27. The van der Waals surface area contributed by atoms with Crippen molar-refractivity contribution in [1.82, 2.24) is 4.98 Å². The number of fused-ring (bicyclic) bond motifs is 3. The Morgan fingerprint density at radius 3 is 2.71 bits per heavy atom. The van der Waals surface area contributed by atoms with Gasteiger partial charge in [-0.15, -0.1) is 0 Å². The molecule has 0 radical (unpaired) electrons. The molecule has 0 saturated heterocycles. The Hall–Kier alpha value is -3.88. The minimum atomic E-state index is -0.775. The maximum absolute atomic E-state index is 14.4. The maximum atomic E-state index is 14.4. The minimum absolute atomic E-state index is 0.124. The van der Waals surface area contributed by atoms with Crippen LogP contribution in [0.4, 0.5) is 5.69 Å². The van der Waals surface area contributed by atoms with Crippen LogP contribution in [0.15, 0.2) is 54.7 Å². The lowest BCUT2D eigenvalue weighted by Gasteiger charge is -2.31. The third-order valence-electron chi connectivity index (χ3n) is 6.79. The number of ketones is 1. The molecule has 1 atom stereocenters. The number of hydrogen-bond donors (Lipinski definition) is 2. The largest absolute Gasteiger partial charge is 0.497 e. The number of hydrogen-bond acceptors (Lipinski definition) is 7. The number of Topliss-reactive ketones (excluding diaryl/α,β-unsaturated/α-hetero) is 1. The van der Waals surface area contributed by atoms with Gasteiger partial charge in [0, 0.05) is 70.7 Å². The standard InChI is InChI=1S/C29H29ClN2O6/c1-32(18-13-19(35-2)15-20(14-18)37-11-9-33)28(23-5-4-17(30)12-26(23)36-3)29(34)24-16-31-27-21(24)6-7-25-22(27)8-10-38-25/h4-7,12-16,28,31,33H,8-11H2,1-3H3. The molecule has 4 aromatic rings. The second-order valence-electron chi connectivity index (χ2n) is 8.97. The third kappa shape index (κ3) is 4.73. The van der Waals surface area contributed by atoms with Gasteiger partial charge in [-0.25, -0.2) is 0 Å². The first kappa shape index (κ1) is 25.8. The van der Waals surface area contributed by atoms with Gasteiger partial charge in [-0.1, -0.05) is 17.7 Å². The summed E-state index contributed by atoms with van der Waals surface area (Å²) < 4.78 is 22.5. The second kappa shape index (κ2) is 10.8. The molecule has 0 fully saturated rings. The van der Waals surface area contributed by atoms with Crippen molar-refractivity contribution in [2.45, 2.75) is 12.5 Å². The Kier molecular flexibility index (Phi) is 7.35. The number of anilines is 1. The molecule has 3 aromatic carbocycles. The van der Waals surface area contributed by atoms with E-state index in [1.54, 1.807) is 44.7 Å². The van der Waals surface area contributed by atoms with Gasteiger partial charge in [0.05, 0.1) is 33.0 Å². The van der Waals surface area contributed by atoms with Crippen LogP contribution < -0.4 is 23.8 Å². The number of aromatic nitrogens is 1. The third-order valence-corrected chi connectivity index (χ3v) is 7.02. The van der Waals surface area contributed by atoms with Crippen LogP contribution in [0, 0.1) is 0 Å². The number of nitrogens with zero attached hydrogens (tertiary/aromatic N) is 1. The van der Waals surface area contributed by atoms with Crippen molar-refractivity contribution in [1.29, 1.82) is 0 Å². The number of aromatic amines is 1. The van der Waals surface area contributed by atoms with Gasteiger partial charge in [0.2, 0.25) is 0 Å². The van der Waals surface area contributed by atoms with E-state index in [4.69, 9.17) is 30.5 Å². The number of H-pyrrole nitrogens is 1. The van der Waals surface area contributed by atoms with Crippen LogP contribution in [0.2, 0.25) is 5.02 Å². The molecule has 2 N–H and O–H groups in total. The van der Waals surface area contributed by atoms with E-state index in [9.17, 15) is 9.90 Å². The van der Waals surface area contributed by atoms with Crippen LogP contribution in [-0.2, 0) is 6.42 Å². The zero-order valence-corrected chi connectivity index (χ0v) is 22.2. The molecule has 0 saturated carbocycles. The van der Waals surface area contributed by atoms with E-state index >= 15 is 0 Å². The second-order valence-corrected chi connectivity index (χ2v) is 9.40. The van der Waals surface area contributed by atoms with Gasteiger partial charge in [-0.05, 0) is 24.3 Å². The van der Waals surface area contributed by atoms with Crippen LogP contribution in [-0.4, -0.2) is 57.0 Å². The zero-order valence-electron chi connectivity index (χ0n) is 21.4. The molecule has 1 aromatic heterocycles.